The van der Waals surface area contributed by atoms with E-state index in [-0.39, 0.29) is 18.6 Å². The quantitative estimate of drug-likeness (QED) is 0.465. The zero-order valence-corrected chi connectivity index (χ0v) is 20.6. The summed E-state index contributed by atoms with van der Waals surface area (Å²) in [5.74, 6) is 0.220. The van der Waals surface area contributed by atoms with Gasteiger partial charge in [-0.1, -0.05) is 30.3 Å². The molecule has 1 fully saturated rings. The van der Waals surface area contributed by atoms with E-state index in [4.69, 9.17) is 4.74 Å². The Morgan fingerprint density at radius 2 is 1.97 bits per heavy atom. The van der Waals surface area contributed by atoms with Gasteiger partial charge in [0.15, 0.2) is 6.61 Å². The number of nitrogens with zero attached hydrogens (tertiary/aromatic N) is 3. The van der Waals surface area contributed by atoms with E-state index in [0.717, 1.165) is 22.6 Å². The number of amides is 1. The minimum atomic E-state index is -3.37. The Hall–Kier alpha value is -3.21. The van der Waals surface area contributed by atoms with Crippen LogP contribution in [-0.4, -0.2) is 79.9 Å². The number of sulfonamides is 1. The molecule has 9 nitrogen and oxygen atoms in total. The van der Waals surface area contributed by atoms with Gasteiger partial charge in [-0.05, 0) is 41.6 Å². The number of hydrogen-bond donors (Lipinski definition) is 2. The molecule has 0 bridgehead atoms. The molecule has 0 spiro atoms. The van der Waals surface area contributed by atoms with Crippen molar-refractivity contribution in [1.29, 1.82) is 0 Å². The summed E-state index contributed by atoms with van der Waals surface area (Å²) < 4.78 is 31.3. The summed E-state index contributed by atoms with van der Waals surface area (Å²) in [5.41, 5.74) is 1.39. The van der Waals surface area contributed by atoms with Crippen LogP contribution in [0.4, 0.5) is 5.69 Å². The highest BCUT2D eigenvalue weighted by molar-refractivity contribution is 7.92. The number of ether oxygens (including phenoxy) is 1. The molecule has 1 amide bonds. The number of aliphatic hydroxyl groups is 1. The highest BCUT2D eigenvalue weighted by atomic mass is 32.2. The molecule has 1 aliphatic rings. The lowest BCUT2D eigenvalue weighted by atomic mass is 10.0. The fraction of sp³-hybridized carbons (Fsp3) is 0.360. The minimum Gasteiger partial charge on any atom is -0.467 e. The molecular formula is C25H30N4O5S. The van der Waals surface area contributed by atoms with Gasteiger partial charge in [-0.3, -0.25) is 14.4 Å². The molecule has 0 radical (unpaired) electrons. The summed E-state index contributed by atoms with van der Waals surface area (Å²) in [6, 6.07) is 16.5. The number of carbonyl (C=O) groups excluding carboxylic acids is 1. The second-order valence-corrected chi connectivity index (χ2v) is 10.6. The van der Waals surface area contributed by atoms with E-state index in [9.17, 15) is 18.3 Å². The van der Waals surface area contributed by atoms with Crippen LogP contribution in [0.25, 0.3) is 10.8 Å². The number of aliphatic hydroxyl groups excluding tert-OH is 1. The van der Waals surface area contributed by atoms with Crippen LogP contribution in [0.5, 0.6) is 5.88 Å². The van der Waals surface area contributed by atoms with Gasteiger partial charge in [-0.2, -0.15) is 0 Å². The first-order chi connectivity index (χ1) is 16.7. The Kier molecular flexibility index (Phi) is 7.54. The van der Waals surface area contributed by atoms with E-state index in [2.05, 4.69) is 14.6 Å². The molecule has 0 aliphatic carbocycles. The average Bonchev–Trinajstić information content (AvgIpc) is 3.26. The molecule has 2 atom stereocenters. The third-order valence-corrected chi connectivity index (χ3v) is 6.68. The van der Waals surface area contributed by atoms with Crippen molar-refractivity contribution in [3.8, 4) is 5.88 Å². The lowest BCUT2D eigenvalue weighted by Gasteiger charge is -2.32. The van der Waals surface area contributed by atoms with Crippen LogP contribution in [0, 0.1) is 0 Å². The van der Waals surface area contributed by atoms with Crippen LogP contribution in [0.15, 0.2) is 60.8 Å². The Labute approximate surface area is 205 Å². The number of aromatic nitrogens is 1. The van der Waals surface area contributed by atoms with E-state index < -0.39 is 16.1 Å². The maximum absolute atomic E-state index is 12.9. The number of hydrogen-bond acceptors (Lipinski definition) is 7. The van der Waals surface area contributed by atoms with E-state index in [1.54, 1.807) is 30.3 Å². The van der Waals surface area contributed by atoms with Crippen molar-refractivity contribution in [1.82, 2.24) is 14.8 Å². The van der Waals surface area contributed by atoms with Crippen LogP contribution in [0.2, 0.25) is 0 Å². The van der Waals surface area contributed by atoms with Crippen molar-refractivity contribution in [3.05, 3.63) is 66.4 Å². The molecule has 4 rings (SSSR count). The molecule has 35 heavy (non-hydrogen) atoms. The standard InChI is InChI=1S/C25H30N4O5S/c1-28(24(31)17-34-25-22-6-4-3-5-18(22)11-13-26-25)16-23(29-14-12-21(30)15-29)19-7-9-20(10-8-19)27-35(2,32)33/h3-11,13,21,23,27,30H,12,14-17H2,1-2H3/t21-,23-/m0/s1. The predicted octanol–water partition coefficient (Wildman–Crippen LogP) is 2.25. The fourth-order valence-corrected chi connectivity index (χ4v) is 4.84. The second kappa shape index (κ2) is 10.6. The van der Waals surface area contributed by atoms with Crippen LogP contribution in [-0.2, 0) is 14.8 Å². The smallest absolute Gasteiger partial charge is 0.260 e. The number of pyridine rings is 1. The zero-order valence-electron chi connectivity index (χ0n) is 19.8. The number of benzene rings is 2. The maximum atomic E-state index is 12.9. The number of nitrogens with one attached hydrogen (secondary N) is 1. The summed E-state index contributed by atoms with van der Waals surface area (Å²) in [4.78, 5) is 21.0. The number of likely N-dealkylation sites (N-methyl/N-ethyl adjacent to an activating group) is 1. The number of fused-ring (bicyclic) bond motifs is 1. The molecule has 1 aliphatic heterocycles. The Morgan fingerprint density at radius 3 is 2.66 bits per heavy atom. The van der Waals surface area contributed by atoms with Crippen molar-refractivity contribution >= 4 is 32.4 Å². The first-order valence-electron chi connectivity index (χ1n) is 11.4. The molecule has 0 saturated carbocycles. The first-order valence-corrected chi connectivity index (χ1v) is 13.3. The highest BCUT2D eigenvalue weighted by Gasteiger charge is 2.30. The molecule has 2 N–H and O–H groups in total. The zero-order chi connectivity index (χ0) is 25.0. The highest BCUT2D eigenvalue weighted by Crippen LogP contribution is 2.28. The van der Waals surface area contributed by atoms with Gasteiger partial charge in [-0.15, -0.1) is 0 Å². The Morgan fingerprint density at radius 1 is 1.23 bits per heavy atom. The van der Waals surface area contributed by atoms with Crippen molar-refractivity contribution in [2.24, 2.45) is 0 Å². The second-order valence-electron chi connectivity index (χ2n) is 8.85. The Bertz CT molecular complexity index is 1280. The lowest BCUT2D eigenvalue weighted by molar-refractivity contribution is -0.132. The largest absolute Gasteiger partial charge is 0.467 e. The molecular weight excluding hydrogens is 468 g/mol. The third kappa shape index (κ3) is 6.47. The van der Waals surface area contributed by atoms with Crippen LogP contribution in [0.3, 0.4) is 0 Å². The van der Waals surface area contributed by atoms with Gasteiger partial charge in [0.2, 0.25) is 15.9 Å². The van der Waals surface area contributed by atoms with Gasteiger partial charge >= 0.3 is 0 Å². The van der Waals surface area contributed by atoms with Gasteiger partial charge in [0.25, 0.3) is 5.91 Å². The lowest BCUT2D eigenvalue weighted by Crippen LogP contribution is -2.40. The summed E-state index contributed by atoms with van der Waals surface area (Å²) in [6.45, 7) is 1.45. The molecule has 1 saturated heterocycles. The summed E-state index contributed by atoms with van der Waals surface area (Å²) in [5, 5.41) is 11.9. The van der Waals surface area contributed by atoms with Gasteiger partial charge < -0.3 is 14.7 Å². The third-order valence-electron chi connectivity index (χ3n) is 6.08. The van der Waals surface area contributed by atoms with Gasteiger partial charge in [0.1, 0.15) is 0 Å². The molecule has 3 aromatic rings. The number of likely N-dealkylation sites (tertiary alicyclic amines) is 1. The Balaban J connectivity index is 1.45. The van der Waals surface area contributed by atoms with Gasteiger partial charge in [0, 0.05) is 44.0 Å². The summed E-state index contributed by atoms with van der Waals surface area (Å²) >= 11 is 0. The maximum Gasteiger partial charge on any atom is 0.260 e. The average molecular weight is 499 g/mol. The van der Waals surface area contributed by atoms with Crippen LogP contribution < -0.4 is 9.46 Å². The predicted molar refractivity (Wildman–Crippen MR) is 135 cm³/mol. The fourth-order valence-electron chi connectivity index (χ4n) is 4.28. The molecule has 1 aromatic heterocycles. The van der Waals surface area contributed by atoms with Crippen LogP contribution in [0.1, 0.15) is 18.0 Å². The summed E-state index contributed by atoms with van der Waals surface area (Å²) in [6.07, 6.45) is 3.01. The van der Waals surface area contributed by atoms with Crippen LogP contribution >= 0.6 is 0 Å². The molecule has 0 unspecified atom stereocenters. The number of rotatable bonds is 9. The topological polar surface area (TPSA) is 112 Å². The van der Waals surface area contributed by atoms with E-state index >= 15 is 0 Å². The normalized spacial score (nSPS) is 17.3. The van der Waals surface area contributed by atoms with Gasteiger partial charge in [0.05, 0.1) is 18.4 Å². The summed E-state index contributed by atoms with van der Waals surface area (Å²) in [7, 11) is -1.65. The minimum absolute atomic E-state index is 0.149. The SMILES string of the molecule is CN(C[C@@H](c1ccc(NS(C)(=O)=O)cc1)N1CC[C@H](O)C1)C(=O)COc1nccc2ccccc12. The number of anilines is 1. The van der Waals surface area contributed by atoms with E-state index in [0.29, 0.717) is 37.6 Å². The molecule has 2 aromatic carbocycles. The number of β-amino-alcohol motifs (C(OH)–C–C–N with tert-alkyl or cyclic N) is 1. The molecule has 10 heteroatoms. The van der Waals surface area contributed by atoms with Crippen molar-refractivity contribution in [2.75, 3.05) is 44.3 Å². The van der Waals surface area contributed by atoms with Crippen molar-refractivity contribution in [3.63, 3.8) is 0 Å². The van der Waals surface area contributed by atoms with Crippen molar-refractivity contribution < 1.29 is 23.1 Å². The monoisotopic (exact) mass is 498 g/mol. The molecule has 2 heterocycles. The van der Waals surface area contributed by atoms with E-state index in [1.807, 2.05) is 42.5 Å². The molecule has 186 valence electrons. The van der Waals surface area contributed by atoms with Crippen molar-refractivity contribution in [2.45, 2.75) is 18.6 Å². The number of carbonyl (C=O) groups is 1. The van der Waals surface area contributed by atoms with Gasteiger partial charge in [-0.25, -0.2) is 13.4 Å². The first kappa shape index (κ1) is 24.9. The van der Waals surface area contributed by atoms with E-state index in [1.165, 1.54) is 0 Å².